The van der Waals surface area contributed by atoms with Crippen LogP contribution < -0.4 is 5.32 Å². The second-order valence-corrected chi connectivity index (χ2v) is 6.59. The van der Waals surface area contributed by atoms with E-state index in [2.05, 4.69) is 15.5 Å². The molecule has 0 bridgehead atoms. The van der Waals surface area contributed by atoms with E-state index in [1.54, 1.807) is 18.5 Å². The minimum atomic E-state index is -0.279. The summed E-state index contributed by atoms with van der Waals surface area (Å²) in [5.41, 5.74) is 1.18. The molecule has 0 saturated carbocycles. The highest BCUT2D eigenvalue weighted by atomic mass is 16.5. The Morgan fingerprint density at radius 1 is 1.42 bits per heavy atom. The van der Waals surface area contributed by atoms with Crippen molar-refractivity contribution in [3.05, 3.63) is 47.6 Å². The molecular weight excluding hydrogens is 332 g/mol. The molecule has 26 heavy (non-hydrogen) atoms. The van der Waals surface area contributed by atoms with Crippen LogP contribution in [0.2, 0.25) is 0 Å². The SMILES string of the molecule is CCCC(=O)N1CCCC(c2cc(C(=O)NCc3cccnc3)no2)C1. The highest BCUT2D eigenvalue weighted by molar-refractivity contribution is 5.92. The van der Waals surface area contributed by atoms with E-state index in [0.717, 1.165) is 31.4 Å². The topological polar surface area (TPSA) is 88.3 Å². The van der Waals surface area contributed by atoms with Crippen LogP contribution in [0.25, 0.3) is 0 Å². The van der Waals surface area contributed by atoms with Gasteiger partial charge >= 0.3 is 0 Å². The van der Waals surface area contributed by atoms with Crippen LogP contribution in [0.15, 0.2) is 35.1 Å². The molecule has 7 nitrogen and oxygen atoms in total. The summed E-state index contributed by atoms with van der Waals surface area (Å²) in [5, 5.41) is 6.71. The number of piperidine rings is 1. The lowest BCUT2D eigenvalue weighted by Crippen LogP contribution is -2.38. The number of rotatable bonds is 6. The number of likely N-dealkylation sites (tertiary alicyclic amines) is 1. The predicted octanol–water partition coefficient (Wildman–Crippen LogP) is 2.51. The van der Waals surface area contributed by atoms with Gasteiger partial charge in [0.1, 0.15) is 5.76 Å². The second kappa shape index (κ2) is 8.60. The van der Waals surface area contributed by atoms with Gasteiger partial charge in [-0.1, -0.05) is 18.1 Å². The van der Waals surface area contributed by atoms with Gasteiger partial charge in [-0.15, -0.1) is 0 Å². The number of nitrogens with one attached hydrogen (secondary N) is 1. The monoisotopic (exact) mass is 356 g/mol. The first-order chi connectivity index (χ1) is 12.7. The van der Waals surface area contributed by atoms with Crippen molar-refractivity contribution in [2.45, 2.75) is 45.1 Å². The van der Waals surface area contributed by atoms with Crippen molar-refractivity contribution in [1.29, 1.82) is 0 Å². The molecule has 0 aliphatic carbocycles. The molecule has 2 amide bonds. The fourth-order valence-corrected chi connectivity index (χ4v) is 3.17. The molecule has 2 aromatic rings. The van der Waals surface area contributed by atoms with Gasteiger partial charge in [-0.3, -0.25) is 14.6 Å². The summed E-state index contributed by atoms with van der Waals surface area (Å²) in [5.74, 6) is 0.673. The molecule has 0 radical (unpaired) electrons. The van der Waals surface area contributed by atoms with Gasteiger partial charge in [0.15, 0.2) is 5.69 Å². The van der Waals surface area contributed by atoms with Crippen molar-refractivity contribution in [2.24, 2.45) is 0 Å². The maximum Gasteiger partial charge on any atom is 0.273 e. The maximum absolute atomic E-state index is 12.3. The van der Waals surface area contributed by atoms with Gasteiger partial charge in [-0.2, -0.15) is 0 Å². The largest absolute Gasteiger partial charge is 0.360 e. The molecular formula is C19H24N4O3. The Hall–Kier alpha value is -2.70. The summed E-state index contributed by atoms with van der Waals surface area (Å²) in [6.45, 7) is 3.82. The Labute approximate surface area is 152 Å². The van der Waals surface area contributed by atoms with E-state index < -0.39 is 0 Å². The Bertz CT molecular complexity index is 744. The van der Waals surface area contributed by atoms with E-state index in [4.69, 9.17) is 4.52 Å². The van der Waals surface area contributed by atoms with Crippen LogP contribution in [0, 0.1) is 0 Å². The third-order valence-corrected chi connectivity index (χ3v) is 4.58. The molecule has 1 aliphatic rings. The Kier molecular flexibility index (Phi) is 5.99. The van der Waals surface area contributed by atoms with Crippen molar-refractivity contribution in [3.8, 4) is 0 Å². The number of aromatic nitrogens is 2. The Morgan fingerprint density at radius 2 is 2.31 bits per heavy atom. The van der Waals surface area contributed by atoms with E-state index in [-0.39, 0.29) is 23.4 Å². The lowest BCUT2D eigenvalue weighted by molar-refractivity contribution is -0.132. The Balaban J connectivity index is 1.58. The average molecular weight is 356 g/mol. The number of carbonyl (C=O) groups is 2. The third-order valence-electron chi connectivity index (χ3n) is 4.58. The molecule has 1 saturated heterocycles. The maximum atomic E-state index is 12.3. The first-order valence-corrected chi connectivity index (χ1v) is 9.09. The van der Waals surface area contributed by atoms with Gasteiger partial charge in [-0.25, -0.2) is 0 Å². The van der Waals surface area contributed by atoms with Crippen LogP contribution in [0.1, 0.15) is 60.3 Å². The normalized spacial score (nSPS) is 17.1. The molecule has 3 rings (SSSR count). The molecule has 2 aromatic heterocycles. The van der Waals surface area contributed by atoms with Gasteiger partial charge in [0.2, 0.25) is 5.91 Å². The van der Waals surface area contributed by atoms with Crippen LogP contribution in [-0.4, -0.2) is 39.9 Å². The lowest BCUT2D eigenvalue weighted by atomic mass is 9.95. The van der Waals surface area contributed by atoms with Gasteiger partial charge in [0.25, 0.3) is 5.91 Å². The van der Waals surface area contributed by atoms with Crippen LogP contribution in [0.5, 0.6) is 0 Å². The summed E-state index contributed by atoms with van der Waals surface area (Å²) < 4.78 is 5.40. The van der Waals surface area contributed by atoms with Gasteiger partial charge < -0.3 is 14.7 Å². The van der Waals surface area contributed by atoms with E-state index >= 15 is 0 Å². The summed E-state index contributed by atoms with van der Waals surface area (Å²) >= 11 is 0. The summed E-state index contributed by atoms with van der Waals surface area (Å²) in [7, 11) is 0. The van der Waals surface area contributed by atoms with E-state index in [0.29, 0.717) is 25.3 Å². The number of amides is 2. The zero-order chi connectivity index (χ0) is 18.4. The van der Waals surface area contributed by atoms with Crippen LogP contribution in [0.3, 0.4) is 0 Å². The van der Waals surface area contributed by atoms with Crippen LogP contribution >= 0.6 is 0 Å². The Morgan fingerprint density at radius 3 is 3.08 bits per heavy atom. The molecule has 138 valence electrons. The van der Waals surface area contributed by atoms with Gasteiger partial charge in [0.05, 0.1) is 0 Å². The molecule has 7 heteroatoms. The van der Waals surface area contributed by atoms with Gasteiger partial charge in [0, 0.05) is 50.4 Å². The lowest BCUT2D eigenvalue weighted by Gasteiger charge is -2.31. The number of hydrogen-bond acceptors (Lipinski definition) is 5. The van der Waals surface area contributed by atoms with Crippen LogP contribution in [-0.2, 0) is 11.3 Å². The fourth-order valence-electron chi connectivity index (χ4n) is 3.17. The zero-order valence-electron chi connectivity index (χ0n) is 15.0. The van der Waals surface area contributed by atoms with Crippen molar-refractivity contribution >= 4 is 11.8 Å². The second-order valence-electron chi connectivity index (χ2n) is 6.59. The number of carbonyl (C=O) groups excluding carboxylic acids is 2. The van der Waals surface area contributed by atoms with E-state index in [1.165, 1.54) is 0 Å². The summed E-state index contributed by atoms with van der Waals surface area (Å²) in [6, 6.07) is 5.41. The van der Waals surface area contributed by atoms with Crippen molar-refractivity contribution in [1.82, 2.24) is 20.4 Å². The first kappa shape index (κ1) is 18.1. The van der Waals surface area contributed by atoms with Crippen molar-refractivity contribution < 1.29 is 14.1 Å². The third kappa shape index (κ3) is 4.47. The molecule has 1 atom stereocenters. The molecule has 0 aromatic carbocycles. The van der Waals surface area contributed by atoms with Crippen molar-refractivity contribution in [2.75, 3.05) is 13.1 Å². The van der Waals surface area contributed by atoms with Gasteiger partial charge in [-0.05, 0) is 30.9 Å². The minimum absolute atomic E-state index is 0.0944. The highest BCUT2D eigenvalue weighted by Gasteiger charge is 2.27. The predicted molar refractivity (Wildman–Crippen MR) is 95.4 cm³/mol. The van der Waals surface area contributed by atoms with Crippen LogP contribution in [0.4, 0.5) is 0 Å². The molecule has 0 spiro atoms. The summed E-state index contributed by atoms with van der Waals surface area (Å²) in [4.78, 5) is 30.3. The smallest absolute Gasteiger partial charge is 0.273 e. The summed E-state index contributed by atoms with van der Waals surface area (Å²) in [6.07, 6.45) is 6.69. The number of nitrogens with zero attached hydrogens (tertiary/aromatic N) is 3. The fraction of sp³-hybridized carbons (Fsp3) is 0.474. The molecule has 1 aliphatic heterocycles. The van der Waals surface area contributed by atoms with E-state index in [1.807, 2.05) is 24.0 Å². The molecule has 1 N–H and O–H groups in total. The number of pyridine rings is 1. The molecule has 1 fully saturated rings. The first-order valence-electron chi connectivity index (χ1n) is 9.09. The molecule has 1 unspecified atom stereocenters. The molecule has 3 heterocycles. The van der Waals surface area contributed by atoms with Crippen molar-refractivity contribution in [3.63, 3.8) is 0 Å². The number of hydrogen-bond donors (Lipinski definition) is 1. The quantitative estimate of drug-likeness (QED) is 0.859. The standard InChI is InChI=1S/C19H24N4O3/c1-2-5-18(24)23-9-4-7-15(13-23)17-10-16(22-26-17)19(25)21-12-14-6-3-8-20-11-14/h3,6,8,10-11,15H,2,4-5,7,9,12-13H2,1H3,(H,21,25). The highest BCUT2D eigenvalue weighted by Crippen LogP contribution is 2.27. The minimum Gasteiger partial charge on any atom is -0.360 e. The zero-order valence-corrected chi connectivity index (χ0v) is 15.0. The van der Waals surface area contributed by atoms with E-state index in [9.17, 15) is 9.59 Å². The average Bonchev–Trinajstić information content (AvgIpc) is 3.18.